The van der Waals surface area contributed by atoms with Crippen LogP contribution in [-0.2, 0) is 25.5 Å². The third-order valence-corrected chi connectivity index (χ3v) is 5.74. The second kappa shape index (κ2) is 11.6. The number of carbonyl (C=O) groups is 3. The minimum absolute atomic E-state index is 0.0560. The third kappa shape index (κ3) is 6.32. The molecule has 0 aliphatic carbocycles. The van der Waals surface area contributed by atoms with Crippen molar-refractivity contribution in [3.8, 4) is 17.2 Å². The van der Waals surface area contributed by atoms with Gasteiger partial charge in [0.25, 0.3) is 5.91 Å². The van der Waals surface area contributed by atoms with Crippen LogP contribution >= 0.6 is 11.6 Å². The molecule has 0 aromatic heterocycles. The van der Waals surface area contributed by atoms with Gasteiger partial charge in [0.1, 0.15) is 5.75 Å². The van der Waals surface area contributed by atoms with Crippen molar-refractivity contribution in [1.82, 2.24) is 4.90 Å². The van der Waals surface area contributed by atoms with E-state index in [2.05, 4.69) is 5.32 Å². The summed E-state index contributed by atoms with van der Waals surface area (Å²) in [5, 5.41) is 2.94. The molecule has 1 aliphatic heterocycles. The zero-order valence-corrected chi connectivity index (χ0v) is 20.0. The summed E-state index contributed by atoms with van der Waals surface area (Å²) in [7, 11) is 4.62. The van der Waals surface area contributed by atoms with E-state index >= 15 is 0 Å². The number of hydrogen-bond acceptors (Lipinski definition) is 7. The first-order chi connectivity index (χ1) is 16.3. The van der Waals surface area contributed by atoms with Gasteiger partial charge in [-0.3, -0.25) is 14.4 Å². The second-order valence-electron chi connectivity index (χ2n) is 7.69. The van der Waals surface area contributed by atoms with E-state index in [0.29, 0.717) is 40.9 Å². The minimum atomic E-state index is -0.610. The fraction of sp³-hybridized carbons (Fsp3) is 0.375. The van der Waals surface area contributed by atoms with Gasteiger partial charge in [0.15, 0.2) is 18.1 Å². The Hall–Kier alpha value is -3.46. The number of rotatable bonds is 10. The van der Waals surface area contributed by atoms with Crippen LogP contribution in [0.15, 0.2) is 36.4 Å². The first-order valence-corrected chi connectivity index (χ1v) is 11.0. The van der Waals surface area contributed by atoms with Gasteiger partial charge in [0.05, 0.1) is 32.3 Å². The van der Waals surface area contributed by atoms with Gasteiger partial charge < -0.3 is 29.2 Å². The maximum Gasteiger partial charge on any atom is 0.311 e. The summed E-state index contributed by atoms with van der Waals surface area (Å²) in [6.07, 6.45) is 0.654. The van der Waals surface area contributed by atoms with Crippen molar-refractivity contribution < 1.29 is 33.3 Å². The smallest absolute Gasteiger partial charge is 0.311 e. The topological polar surface area (TPSA) is 103 Å². The summed E-state index contributed by atoms with van der Waals surface area (Å²) in [6.45, 7) is 0.246. The Kier molecular flexibility index (Phi) is 8.59. The van der Waals surface area contributed by atoms with Crippen LogP contribution in [0.1, 0.15) is 12.0 Å². The monoisotopic (exact) mass is 490 g/mol. The number of nitrogens with zero attached hydrogens (tertiary/aromatic N) is 1. The van der Waals surface area contributed by atoms with E-state index in [-0.39, 0.29) is 18.9 Å². The molecule has 0 spiro atoms. The Bertz CT molecular complexity index is 1060. The second-order valence-corrected chi connectivity index (χ2v) is 8.09. The lowest BCUT2D eigenvalue weighted by Crippen LogP contribution is -2.29. The predicted molar refractivity (Wildman–Crippen MR) is 126 cm³/mol. The number of ether oxygens (including phenoxy) is 4. The molecule has 1 fully saturated rings. The summed E-state index contributed by atoms with van der Waals surface area (Å²) < 4.78 is 20.7. The van der Waals surface area contributed by atoms with Gasteiger partial charge in [-0.25, -0.2) is 0 Å². The van der Waals surface area contributed by atoms with Gasteiger partial charge in [0, 0.05) is 25.2 Å². The molecule has 182 valence electrons. The molecular formula is C24H27ClN2O7. The molecule has 1 aliphatic rings. The summed E-state index contributed by atoms with van der Waals surface area (Å²) in [5.74, 6) is -0.0996. The summed E-state index contributed by atoms with van der Waals surface area (Å²) in [6, 6.07) is 10.3. The number of hydrogen-bond donors (Lipinski definition) is 1. The fourth-order valence-electron chi connectivity index (χ4n) is 3.64. The van der Waals surface area contributed by atoms with Crippen molar-refractivity contribution in [2.45, 2.75) is 12.8 Å². The largest absolute Gasteiger partial charge is 0.495 e. The zero-order chi connectivity index (χ0) is 24.7. The van der Waals surface area contributed by atoms with E-state index in [4.69, 9.17) is 30.5 Å². The maximum atomic E-state index is 12.4. The predicted octanol–water partition coefficient (Wildman–Crippen LogP) is 2.94. The van der Waals surface area contributed by atoms with Gasteiger partial charge in [-0.1, -0.05) is 17.7 Å². The summed E-state index contributed by atoms with van der Waals surface area (Å²) in [4.78, 5) is 38.5. The molecule has 9 nitrogen and oxygen atoms in total. The highest BCUT2D eigenvalue weighted by molar-refractivity contribution is 6.32. The Labute approximate surface area is 202 Å². The van der Waals surface area contributed by atoms with Gasteiger partial charge in [-0.05, 0) is 42.3 Å². The number of likely N-dealkylation sites (tertiary alicyclic amines) is 1. The van der Waals surface area contributed by atoms with Crippen LogP contribution in [0.5, 0.6) is 17.2 Å². The van der Waals surface area contributed by atoms with Gasteiger partial charge in [0.2, 0.25) is 5.91 Å². The normalized spacial score (nSPS) is 15.1. The van der Waals surface area contributed by atoms with Crippen LogP contribution in [-0.4, -0.2) is 63.7 Å². The Morgan fingerprint density at radius 3 is 2.41 bits per heavy atom. The molecule has 0 unspecified atom stereocenters. The number of nitrogens with one attached hydrogen (secondary N) is 1. The molecule has 2 amide bonds. The lowest BCUT2D eigenvalue weighted by molar-refractivity contribution is -0.151. The first-order valence-electron chi connectivity index (χ1n) is 10.6. The summed E-state index contributed by atoms with van der Waals surface area (Å²) >= 11 is 6.04. The van der Waals surface area contributed by atoms with Crippen LogP contribution in [0.3, 0.4) is 0 Å². The molecule has 0 saturated carbocycles. The van der Waals surface area contributed by atoms with Crippen molar-refractivity contribution in [1.29, 1.82) is 0 Å². The lowest BCUT2D eigenvalue weighted by Gasteiger charge is -2.17. The molecule has 1 N–H and O–H groups in total. The third-order valence-electron chi connectivity index (χ3n) is 5.45. The number of benzene rings is 2. The van der Waals surface area contributed by atoms with E-state index in [0.717, 1.165) is 5.56 Å². The summed E-state index contributed by atoms with van der Waals surface area (Å²) in [5.41, 5.74) is 1.43. The standard InChI is InChI=1S/C24H27ClN2O7/c1-31-19-7-5-17(12-18(19)25)26-22(28)14-34-24(30)16-11-23(29)27(13-16)9-8-15-4-6-20(32-2)21(10-15)33-3/h4-7,10,12,16H,8-9,11,13-14H2,1-3H3,(H,26,28)/t16-/m1/s1. The Morgan fingerprint density at radius 2 is 1.74 bits per heavy atom. The number of esters is 1. The van der Waals surface area contributed by atoms with Crippen molar-refractivity contribution in [3.63, 3.8) is 0 Å². The number of amides is 2. The number of anilines is 1. The lowest BCUT2D eigenvalue weighted by atomic mass is 10.1. The number of halogens is 1. The molecule has 10 heteroatoms. The van der Waals surface area contributed by atoms with Gasteiger partial charge >= 0.3 is 5.97 Å². The van der Waals surface area contributed by atoms with E-state index in [1.54, 1.807) is 31.3 Å². The van der Waals surface area contributed by atoms with E-state index in [1.807, 2.05) is 18.2 Å². The SMILES string of the molecule is COc1ccc(NC(=O)COC(=O)[C@@H]2CC(=O)N(CCc3ccc(OC)c(OC)c3)C2)cc1Cl. The molecule has 1 atom stereocenters. The highest BCUT2D eigenvalue weighted by Crippen LogP contribution is 2.29. The number of carbonyl (C=O) groups excluding carboxylic acids is 3. The molecule has 0 bridgehead atoms. The van der Waals surface area contributed by atoms with E-state index in [9.17, 15) is 14.4 Å². The van der Waals surface area contributed by atoms with Crippen molar-refractivity contribution in [2.24, 2.45) is 5.92 Å². The van der Waals surface area contributed by atoms with Crippen molar-refractivity contribution in [3.05, 3.63) is 47.0 Å². The zero-order valence-electron chi connectivity index (χ0n) is 19.3. The van der Waals surface area contributed by atoms with Gasteiger partial charge in [-0.2, -0.15) is 0 Å². The highest BCUT2D eigenvalue weighted by atomic mass is 35.5. The molecule has 0 radical (unpaired) electrons. The van der Waals surface area contributed by atoms with E-state index < -0.39 is 24.4 Å². The van der Waals surface area contributed by atoms with Crippen LogP contribution < -0.4 is 19.5 Å². The number of methoxy groups -OCH3 is 3. The Balaban J connectivity index is 1.46. The minimum Gasteiger partial charge on any atom is -0.495 e. The van der Waals surface area contributed by atoms with Crippen LogP contribution in [0.25, 0.3) is 0 Å². The molecular weight excluding hydrogens is 464 g/mol. The van der Waals surface area contributed by atoms with Crippen LogP contribution in [0, 0.1) is 5.92 Å². The quantitative estimate of drug-likeness (QED) is 0.511. The fourth-order valence-corrected chi connectivity index (χ4v) is 3.90. The van der Waals surface area contributed by atoms with Crippen molar-refractivity contribution in [2.75, 3.05) is 46.3 Å². The van der Waals surface area contributed by atoms with Gasteiger partial charge in [-0.15, -0.1) is 0 Å². The van der Waals surface area contributed by atoms with E-state index in [1.165, 1.54) is 13.2 Å². The molecule has 2 aromatic rings. The molecule has 1 heterocycles. The molecule has 3 rings (SSSR count). The Morgan fingerprint density at radius 1 is 1.03 bits per heavy atom. The van der Waals surface area contributed by atoms with Crippen molar-refractivity contribution >= 4 is 35.1 Å². The maximum absolute atomic E-state index is 12.4. The average Bonchev–Trinajstić information content (AvgIpc) is 3.21. The van der Waals surface area contributed by atoms with Crippen LogP contribution in [0.2, 0.25) is 5.02 Å². The van der Waals surface area contributed by atoms with Crippen LogP contribution in [0.4, 0.5) is 5.69 Å². The first kappa shape index (κ1) is 25.2. The average molecular weight is 491 g/mol. The highest BCUT2D eigenvalue weighted by Gasteiger charge is 2.35. The molecule has 2 aromatic carbocycles. The molecule has 1 saturated heterocycles. The molecule has 34 heavy (non-hydrogen) atoms.